The Morgan fingerprint density at radius 1 is 0.947 bits per heavy atom. The topological polar surface area (TPSA) is 30.0 Å². The van der Waals surface area contributed by atoms with Gasteiger partial charge in [-0.05, 0) is 25.1 Å². The third-order valence-corrected chi connectivity index (χ3v) is 3.11. The van der Waals surface area contributed by atoms with Crippen LogP contribution in [0.3, 0.4) is 0 Å². The highest BCUT2D eigenvalue weighted by molar-refractivity contribution is 6.08. The van der Waals surface area contributed by atoms with E-state index in [0.29, 0.717) is 11.3 Å². The van der Waals surface area contributed by atoms with Gasteiger partial charge >= 0.3 is 0 Å². The van der Waals surface area contributed by atoms with Crippen molar-refractivity contribution in [2.75, 3.05) is 0 Å². The van der Waals surface area contributed by atoms with Crippen LogP contribution in [-0.2, 0) is 0 Å². The average molecular weight is 247 g/mol. The summed E-state index contributed by atoms with van der Waals surface area (Å²) in [4.78, 5) is 16.7. The fraction of sp³-hybridized carbons (Fsp3) is 0.0588. The second kappa shape index (κ2) is 4.65. The molecule has 2 nitrogen and oxygen atoms in total. The summed E-state index contributed by atoms with van der Waals surface area (Å²) in [6, 6.07) is 19.0. The molecule has 3 aromatic rings. The normalized spacial score (nSPS) is 10.6. The number of hydrogen-bond donors (Lipinski definition) is 0. The Kier molecular flexibility index (Phi) is 2.84. The molecule has 2 heteroatoms. The summed E-state index contributed by atoms with van der Waals surface area (Å²) in [5, 5.41) is 1.06. The zero-order valence-corrected chi connectivity index (χ0v) is 10.6. The van der Waals surface area contributed by atoms with Gasteiger partial charge in [0.2, 0.25) is 5.78 Å². The Morgan fingerprint density at radius 2 is 1.74 bits per heavy atom. The van der Waals surface area contributed by atoms with Crippen LogP contribution in [0.15, 0.2) is 60.7 Å². The van der Waals surface area contributed by atoms with Gasteiger partial charge in [-0.25, -0.2) is 4.98 Å². The fourth-order valence-electron chi connectivity index (χ4n) is 2.11. The molecule has 0 N–H and O–H groups in total. The number of aromatic nitrogens is 1. The lowest BCUT2D eigenvalue weighted by atomic mass is 10.1. The zero-order valence-electron chi connectivity index (χ0n) is 10.6. The molecule has 0 radical (unpaired) electrons. The van der Waals surface area contributed by atoms with E-state index in [9.17, 15) is 4.79 Å². The minimum absolute atomic E-state index is 0.0388. The van der Waals surface area contributed by atoms with E-state index in [1.807, 2.05) is 55.5 Å². The molecule has 92 valence electrons. The number of fused-ring (bicyclic) bond motifs is 1. The van der Waals surface area contributed by atoms with Crippen molar-refractivity contribution in [1.29, 1.82) is 0 Å². The molecular weight excluding hydrogens is 234 g/mol. The Morgan fingerprint density at radius 3 is 2.53 bits per heavy atom. The lowest BCUT2D eigenvalue weighted by Crippen LogP contribution is -2.03. The Hall–Kier alpha value is -2.48. The highest BCUT2D eigenvalue weighted by Gasteiger charge is 2.10. The molecule has 3 rings (SSSR count). The van der Waals surface area contributed by atoms with Gasteiger partial charge in [-0.15, -0.1) is 0 Å². The molecule has 1 aromatic heterocycles. The van der Waals surface area contributed by atoms with Crippen molar-refractivity contribution >= 4 is 16.7 Å². The minimum atomic E-state index is -0.0388. The number of benzene rings is 2. The van der Waals surface area contributed by atoms with E-state index < -0.39 is 0 Å². The maximum Gasteiger partial charge on any atom is 0.211 e. The van der Waals surface area contributed by atoms with Crippen LogP contribution < -0.4 is 0 Å². The predicted octanol–water partition coefficient (Wildman–Crippen LogP) is 3.77. The van der Waals surface area contributed by atoms with Crippen molar-refractivity contribution in [3.8, 4) is 0 Å². The molecule has 0 aliphatic rings. The molecule has 19 heavy (non-hydrogen) atoms. The molecule has 0 aliphatic carbocycles. The van der Waals surface area contributed by atoms with Gasteiger partial charge in [0.15, 0.2) is 0 Å². The molecule has 0 unspecified atom stereocenters. The summed E-state index contributed by atoms with van der Waals surface area (Å²) >= 11 is 0. The van der Waals surface area contributed by atoms with Crippen molar-refractivity contribution in [3.63, 3.8) is 0 Å². The summed E-state index contributed by atoms with van der Waals surface area (Å²) in [5.41, 5.74) is 3.20. The molecule has 0 saturated heterocycles. The van der Waals surface area contributed by atoms with E-state index in [0.717, 1.165) is 10.9 Å². The maximum absolute atomic E-state index is 12.3. The summed E-state index contributed by atoms with van der Waals surface area (Å²) < 4.78 is 0. The van der Waals surface area contributed by atoms with E-state index in [1.165, 1.54) is 5.56 Å². The standard InChI is InChI=1S/C17H13NO/c1-12-7-9-15-14(11-12)8-10-16(18-15)17(19)13-5-3-2-4-6-13/h2-11H,1H3. The second-order valence-corrected chi connectivity index (χ2v) is 4.59. The van der Waals surface area contributed by atoms with Gasteiger partial charge in [-0.2, -0.15) is 0 Å². The van der Waals surface area contributed by atoms with Gasteiger partial charge in [-0.1, -0.05) is 48.0 Å². The Balaban J connectivity index is 2.07. The quantitative estimate of drug-likeness (QED) is 0.645. The fourth-order valence-corrected chi connectivity index (χ4v) is 2.11. The van der Waals surface area contributed by atoms with Crippen LogP contribution in [0.4, 0.5) is 0 Å². The van der Waals surface area contributed by atoms with Gasteiger partial charge in [0.05, 0.1) is 5.52 Å². The monoisotopic (exact) mass is 247 g/mol. The van der Waals surface area contributed by atoms with Crippen LogP contribution in [0, 0.1) is 6.92 Å². The number of hydrogen-bond acceptors (Lipinski definition) is 2. The molecule has 0 bridgehead atoms. The smallest absolute Gasteiger partial charge is 0.211 e. The number of carbonyl (C=O) groups excluding carboxylic acids is 1. The number of rotatable bonds is 2. The molecule has 0 spiro atoms. The van der Waals surface area contributed by atoms with Crippen LogP contribution in [0.2, 0.25) is 0 Å². The van der Waals surface area contributed by atoms with Crippen LogP contribution in [0.25, 0.3) is 10.9 Å². The Labute approximate surface area is 111 Å². The van der Waals surface area contributed by atoms with Crippen molar-refractivity contribution in [1.82, 2.24) is 4.98 Å². The van der Waals surface area contributed by atoms with Gasteiger partial charge < -0.3 is 0 Å². The number of carbonyl (C=O) groups is 1. The minimum Gasteiger partial charge on any atom is -0.287 e. The first-order chi connectivity index (χ1) is 9.24. The highest BCUT2D eigenvalue weighted by Crippen LogP contribution is 2.16. The molecule has 0 atom stereocenters. The first-order valence-electron chi connectivity index (χ1n) is 6.21. The molecule has 2 aromatic carbocycles. The largest absolute Gasteiger partial charge is 0.287 e. The van der Waals surface area contributed by atoms with E-state index in [-0.39, 0.29) is 5.78 Å². The second-order valence-electron chi connectivity index (χ2n) is 4.59. The highest BCUT2D eigenvalue weighted by atomic mass is 16.1. The van der Waals surface area contributed by atoms with Gasteiger partial charge in [-0.3, -0.25) is 4.79 Å². The molecular formula is C17H13NO. The molecule has 0 aliphatic heterocycles. The third kappa shape index (κ3) is 2.25. The summed E-state index contributed by atoms with van der Waals surface area (Å²) in [6.07, 6.45) is 0. The summed E-state index contributed by atoms with van der Waals surface area (Å²) in [6.45, 7) is 2.04. The maximum atomic E-state index is 12.3. The first kappa shape index (κ1) is 11.6. The molecule has 0 amide bonds. The number of nitrogens with zero attached hydrogens (tertiary/aromatic N) is 1. The number of ketones is 1. The van der Waals surface area contributed by atoms with Crippen LogP contribution in [0.1, 0.15) is 21.6 Å². The van der Waals surface area contributed by atoms with Crippen LogP contribution in [-0.4, -0.2) is 10.8 Å². The SMILES string of the molecule is Cc1ccc2nc(C(=O)c3ccccc3)ccc2c1. The predicted molar refractivity (Wildman–Crippen MR) is 76.4 cm³/mol. The van der Waals surface area contributed by atoms with E-state index >= 15 is 0 Å². The van der Waals surface area contributed by atoms with Crippen LogP contribution in [0.5, 0.6) is 0 Å². The zero-order chi connectivity index (χ0) is 13.2. The van der Waals surface area contributed by atoms with Crippen molar-refractivity contribution in [2.24, 2.45) is 0 Å². The van der Waals surface area contributed by atoms with Gasteiger partial charge in [0.25, 0.3) is 0 Å². The third-order valence-electron chi connectivity index (χ3n) is 3.11. The summed E-state index contributed by atoms with van der Waals surface area (Å²) in [7, 11) is 0. The van der Waals surface area contributed by atoms with Gasteiger partial charge in [0.1, 0.15) is 5.69 Å². The molecule has 0 fully saturated rings. The van der Waals surface area contributed by atoms with Crippen molar-refractivity contribution in [3.05, 3.63) is 77.5 Å². The van der Waals surface area contributed by atoms with Gasteiger partial charge in [0, 0.05) is 10.9 Å². The van der Waals surface area contributed by atoms with Crippen LogP contribution >= 0.6 is 0 Å². The Bertz CT molecular complexity index is 748. The lowest BCUT2D eigenvalue weighted by Gasteiger charge is -2.03. The average Bonchev–Trinajstić information content (AvgIpc) is 2.47. The first-order valence-corrected chi connectivity index (χ1v) is 6.21. The summed E-state index contributed by atoms with van der Waals surface area (Å²) in [5.74, 6) is -0.0388. The van der Waals surface area contributed by atoms with E-state index in [2.05, 4.69) is 11.1 Å². The van der Waals surface area contributed by atoms with E-state index in [1.54, 1.807) is 6.07 Å². The number of aryl methyl sites for hydroxylation is 1. The van der Waals surface area contributed by atoms with Crippen molar-refractivity contribution in [2.45, 2.75) is 6.92 Å². The van der Waals surface area contributed by atoms with Crippen molar-refractivity contribution < 1.29 is 4.79 Å². The molecule has 1 heterocycles. The lowest BCUT2D eigenvalue weighted by molar-refractivity contribution is 0.103. The number of pyridine rings is 1. The van der Waals surface area contributed by atoms with E-state index in [4.69, 9.17) is 0 Å². The molecule has 0 saturated carbocycles.